The average Bonchev–Trinajstić information content (AvgIpc) is 2.72. The summed E-state index contributed by atoms with van der Waals surface area (Å²) < 4.78 is 5.16. The first-order chi connectivity index (χ1) is 15.0. The number of rotatable bonds is 4. The summed E-state index contributed by atoms with van der Waals surface area (Å²) in [4.78, 5) is 49.6. The van der Waals surface area contributed by atoms with E-state index in [1.54, 1.807) is 42.7 Å². The molecule has 1 aromatic heterocycles. The summed E-state index contributed by atoms with van der Waals surface area (Å²) in [5.41, 5.74) is 3.17. The van der Waals surface area contributed by atoms with Crippen LogP contribution >= 0.6 is 0 Å². The first-order valence-electron chi connectivity index (χ1n) is 10.8. The molecule has 2 aromatic rings. The van der Waals surface area contributed by atoms with E-state index in [9.17, 15) is 14.4 Å². The number of piperazine rings is 1. The summed E-state index contributed by atoms with van der Waals surface area (Å²) in [6.07, 6.45) is -0.346. The van der Waals surface area contributed by atoms with Crippen LogP contribution < -0.4 is 5.32 Å². The number of carbonyl (C=O) groups is 3. The van der Waals surface area contributed by atoms with E-state index in [1.807, 2.05) is 19.9 Å². The summed E-state index contributed by atoms with van der Waals surface area (Å²) >= 11 is 0. The molecule has 1 N–H and O–H groups in total. The van der Waals surface area contributed by atoms with Gasteiger partial charge in [-0.05, 0) is 52.8 Å². The highest BCUT2D eigenvalue weighted by Crippen LogP contribution is 2.17. The highest BCUT2D eigenvalue weighted by Gasteiger charge is 2.25. The topological polar surface area (TPSA) is 105 Å². The number of nitrogens with zero attached hydrogens (tertiary/aromatic N) is 4. The van der Waals surface area contributed by atoms with Crippen LogP contribution in [-0.2, 0) is 9.53 Å². The lowest BCUT2D eigenvalue weighted by molar-refractivity contribution is -0.132. The van der Waals surface area contributed by atoms with Crippen LogP contribution in [0.2, 0.25) is 0 Å². The van der Waals surface area contributed by atoms with Gasteiger partial charge in [-0.15, -0.1) is 0 Å². The third-order valence-corrected chi connectivity index (χ3v) is 5.25. The fourth-order valence-electron chi connectivity index (χ4n) is 3.45. The maximum atomic E-state index is 12.9. The van der Waals surface area contributed by atoms with Crippen molar-refractivity contribution in [3.05, 3.63) is 35.2 Å². The molecule has 0 aliphatic carbocycles. The first-order valence-corrected chi connectivity index (χ1v) is 10.8. The van der Waals surface area contributed by atoms with Crippen LogP contribution in [0.1, 0.15) is 48.9 Å². The number of nitrogens with one attached hydrogen (secondary N) is 1. The Morgan fingerprint density at radius 1 is 0.969 bits per heavy atom. The van der Waals surface area contributed by atoms with E-state index in [4.69, 9.17) is 4.74 Å². The Labute approximate surface area is 188 Å². The van der Waals surface area contributed by atoms with Gasteiger partial charge < -0.3 is 19.9 Å². The van der Waals surface area contributed by atoms with Crippen LogP contribution in [0.3, 0.4) is 0 Å². The molecule has 1 fully saturated rings. The number of hydrogen-bond acceptors (Lipinski definition) is 6. The van der Waals surface area contributed by atoms with Gasteiger partial charge in [0.2, 0.25) is 5.91 Å². The molecule has 2 heterocycles. The Morgan fingerprint density at radius 2 is 1.56 bits per heavy atom. The van der Waals surface area contributed by atoms with Crippen molar-refractivity contribution in [1.29, 1.82) is 0 Å². The quantitative estimate of drug-likeness (QED) is 0.781. The minimum Gasteiger partial charge on any atom is -0.444 e. The molecule has 0 radical (unpaired) electrons. The summed E-state index contributed by atoms with van der Waals surface area (Å²) in [6.45, 7) is 11.2. The number of benzene rings is 1. The molecule has 1 aromatic carbocycles. The van der Waals surface area contributed by atoms with Crippen molar-refractivity contribution in [2.45, 2.75) is 46.6 Å². The molecule has 0 spiro atoms. The number of fused-ring (bicyclic) bond motifs is 1. The van der Waals surface area contributed by atoms with Crippen LogP contribution in [0.15, 0.2) is 18.2 Å². The summed E-state index contributed by atoms with van der Waals surface area (Å²) in [5.74, 6) is -0.134. The fourth-order valence-corrected chi connectivity index (χ4v) is 3.45. The number of carbonyl (C=O) groups excluding carboxylic acids is 3. The van der Waals surface area contributed by atoms with Crippen LogP contribution in [0.4, 0.5) is 4.79 Å². The molecule has 9 nitrogen and oxygen atoms in total. The highest BCUT2D eigenvalue weighted by molar-refractivity contribution is 5.97. The predicted molar refractivity (Wildman–Crippen MR) is 120 cm³/mol. The predicted octanol–water partition coefficient (Wildman–Crippen LogP) is 2.45. The van der Waals surface area contributed by atoms with Gasteiger partial charge in [-0.3, -0.25) is 9.59 Å². The van der Waals surface area contributed by atoms with Crippen molar-refractivity contribution < 1.29 is 19.1 Å². The molecule has 3 amide bonds. The second-order valence-corrected chi connectivity index (χ2v) is 8.95. The van der Waals surface area contributed by atoms with Crippen LogP contribution in [-0.4, -0.2) is 76.0 Å². The van der Waals surface area contributed by atoms with E-state index in [0.29, 0.717) is 37.3 Å². The Balaban J connectivity index is 1.50. The number of aromatic nitrogens is 2. The van der Waals surface area contributed by atoms with E-state index < -0.39 is 11.7 Å². The number of amides is 3. The lowest BCUT2D eigenvalue weighted by atomic mass is 10.1. The minimum absolute atomic E-state index is 0.0556. The van der Waals surface area contributed by atoms with E-state index in [-0.39, 0.29) is 24.8 Å². The standard InChI is InChI=1S/C23H31N5O4/c1-15-16(2)26-19-14-17(6-7-18(19)25-15)21(30)28-12-10-27(11-13-28)20(29)8-9-24-22(31)32-23(3,4)5/h6-7,14H,8-13H2,1-5H3,(H,24,31). The second kappa shape index (κ2) is 9.50. The van der Waals surface area contributed by atoms with Crippen molar-refractivity contribution in [2.75, 3.05) is 32.7 Å². The fraction of sp³-hybridized carbons (Fsp3) is 0.522. The molecule has 1 saturated heterocycles. The highest BCUT2D eigenvalue weighted by atomic mass is 16.6. The Hall–Kier alpha value is -3.23. The smallest absolute Gasteiger partial charge is 0.407 e. The minimum atomic E-state index is -0.577. The largest absolute Gasteiger partial charge is 0.444 e. The molecule has 0 atom stereocenters. The number of hydrogen-bond donors (Lipinski definition) is 1. The zero-order valence-corrected chi connectivity index (χ0v) is 19.4. The van der Waals surface area contributed by atoms with Crippen molar-refractivity contribution in [3.8, 4) is 0 Å². The maximum absolute atomic E-state index is 12.9. The number of alkyl carbamates (subject to hydrolysis) is 1. The number of aryl methyl sites for hydroxylation is 2. The van der Waals surface area contributed by atoms with E-state index in [1.165, 1.54) is 0 Å². The van der Waals surface area contributed by atoms with Crippen LogP contribution in [0, 0.1) is 13.8 Å². The summed E-state index contributed by atoms with van der Waals surface area (Å²) in [7, 11) is 0. The third-order valence-electron chi connectivity index (χ3n) is 5.25. The molecule has 32 heavy (non-hydrogen) atoms. The normalized spacial score (nSPS) is 14.4. The van der Waals surface area contributed by atoms with Crippen molar-refractivity contribution in [2.24, 2.45) is 0 Å². The van der Waals surface area contributed by atoms with Gasteiger partial charge in [0.25, 0.3) is 5.91 Å². The van der Waals surface area contributed by atoms with E-state index in [0.717, 1.165) is 16.9 Å². The maximum Gasteiger partial charge on any atom is 0.407 e. The van der Waals surface area contributed by atoms with Gasteiger partial charge in [-0.2, -0.15) is 0 Å². The zero-order valence-electron chi connectivity index (χ0n) is 19.4. The molecule has 1 aliphatic heterocycles. The lowest BCUT2D eigenvalue weighted by Crippen LogP contribution is -2.51. The van der Waals surface area contributed by atoms with E-state index in [2.05, 4.69) is 15.3 Å². The third kappa shape index (κ3) is 5.93. The molecule has 1 aliphatic rings. The van der Waals surface area contributed by atoms with Gasteiger partial charge in [0.05, 0.1) is 22.4 Å². The van der Waals surface area contributed by atoms with Gasteiger partial charge in [0.15, 0.2) is 0 Å². The number of ether oxygens (including phenoxy) is 1. The van der Waals surface area contributed by atoms with Crippen molar-refractivity contribution in [3.63, 3.8) is 0 Å². The molecule has 0 unspecified atom stereocenters. The average molecular weight is 442 g/mol. The van der Waals surface area contributed by atoms with Gasteiger partial charge in [-0.25, -0.2) is 14.8 Å². The van der Waals surface area contributed by atoms with Gasteiger partial charge in [0.1, 0.15) is 5.60 Å². The van der Waals surface area contributed by atoms with Crippen LogP contribution in [0.25, 0.3) is 11.0 Å². The Bertz CT molecular complexity index is 1020. The van der Waals surface area contributed by atoms with Gasteiger partial charge in [0, 0.05) is 44.7 Å². The molecule has 0 saturated carbocycles. The van der Waals surface area contributed by atoms with Gasteiger partial charge in [-0.1, -0.05) is 0 Å². The monoisotopic (exact) mass is 441 g/mol. The Morgan fingerprint density at radius 3 is 2.19 bits per heavy atom. The SMILES string of the molecule is Cc1nc2ccc(C(=O)N3CCN(C(=O)CCNC(=O)OC(C)(C)C)CC3)cc2nc1C. The van der Waals surface area contributed by atoms with Crippen molar-refractivity contribution >= 4 is 28.9 Å². The summed E-state index contributed by atoms with van der Waals surface area (Å²) in [6, 6.07) is 5.37. The Kier molecular flexibility index (Phi) is 6.96. The molecule has 3 rings (SSSR count). The molecular formula is C23H31N5O4. The molecule has 172 valence electrons. The van der Waals surface area contributed by atoms with Crippen molar-refractivity contribution in [1.82, 2.24) is 25.1 Å². The van der Waals surface area contributed by atoms with Gasteiger partial charge >= 0.3 is 6.09 Å². The second-order valence-electron chi connectivity index (χ2n) is 8.95. The lowest BCUT2D eigenvalue weighted by Gasteiger charge is -2.35. The summed E-state index contributed by atoms with van der Waals surface area (Å²) in [5, 5.41) is 2.60. The van der Waals surface area contributed by atoms with E-state index >= 15 is 0 Å². The molecule has 9 heteroatoms. The van der Waals surface area contributed by atoms with Crippen LogP contribution in [0.5, 0.6) is 0 Å². The molecule has 0 bridgehead atoms. The zero-order chi connectivity index (χ0) is 23.5. The molecular weight excluding hydrogens is 410 g/mol. The first kappa shape index (κ1) is 23.4.